The van der Waals surface area contributed by atoms with Gasteiger partial charge < -0.3 is 9.84 Å². The summed E-state index contributed by atoms with van der Waals surface area (Å²) in [5.41, 5.74) is 6.02. The third-order valence-corrected chi connectivity index (χ3v) is 6.64. The largest absolute Gasteiger partial charge is 0.493 e. The van der Waals surface area contributed by atoms with Gasteiger partial charge in [0.15, 0.2) is 0 Å². The van der Waals surface area contributed by atoms with E-state index in [2.05, 4.69) is 66.7 Å². The molecule has 0 aromatic heterocycles. The standard InChI is InChI=1S/C27H28O2/c28-27-24(16-19-10-12-22(13-11-19)20-6-2-1-3-7-20)18-29-26-17-23(14-15-25(26)27)21-8-4-5-9-21/h1-3,6-7,10-15,17,21,24,27-28H,4-5,8-9,16,18H2. The number of aliphatic hydroxyl groups excluding tert-OH is 1. The molecule has 1 N–H and O–H groups in total. The molecule has 2 atom stereocenters. The number of benzene rings is 3. The summed E-state index contributed by atoms with van der Waals surface area (Å²) in [5, 5.41) is 11.0. The van der Waals surface area contributed by atoms with Gasteiger partial charge in [0.25, 0.3) is 0 Å². The minimum atomic E-state index is -0.467. The second kappa shape index (κ2) is 8.04. The van der Waals surface area contributed by atoms with E-state index < -0.39 is 6.10 Å². The third kappa shape index (κ3) is 3.82. The fraction of sp³-hybridized carbons (Fsp3) is 0.333. The average Bonchev–Trinajstić information content (AvgIpc) is 3.32. The molecular formula is C27H28O2. The van der Waals surface area contributed by atoms with Gasteiger partial charge in [0.05, 0.1) is 12.7 Å². The quantitative estimate of drug-likeness (QED) is 0.572. The number of ether oxygens (including phenoxy) is 1. The first-order valence-corrected chi connectivity index (χ1v) is 10.9. The summed E-state index contributed by atoms with van der Waals surface area (Å²) in [7, 11) is 0. The van der Waals surface area contributed by atoms with Crippen LogP contribution in [-0.4, -0.2) is 11.7 Å². The highest BCUT2D eigenvalue weighted by Gasteiger charge is 2.30. The van der Waals surface area contributed by atoms with Gasteiger partial charge in [0.2, 0.25) is 0 Å². The van der Waals surface area contributed by atoms with E-state index in [4.69, 9.17) is 4.74 Å². The maximum atomic E-state index is 11.0. The second-order valence-electron chi connectivity index (χ2n) is 8.56. The third-order valence-electron chi connectivity index (χ3n) is 6.64. The van der Waals surface area contributed by atoms with Crippen molar-refractivity contribution in [3.8, 4) is 16.9 Å². The van der Waals surface area contributed by atoms with Crippen molar-refractivity contribution in [3.05, 3.63) is 89.5 Å². The molecule has 29 heavy (non-hydrogen) atoms. The Labute approximate surface area is 173 Å². The first kappa shape index (κ1) is 18.4. The minimum absolute atomic E-state index is 0.0856. The van der Waals surface area contributed by atoms with Gasteiger partial charge in [-0.3, -0.25) is 0 Å². The van der Waals surface area contributed by atoms with Crippen LogP contribution in [0.4, 0.5) is 0 Å². The van der Waals surface area contributed by atoms with Gasteiger partial charge in [-0.05, 0) is 53.5 Å². The monoisotopic (exact) mass is 384 g/mol. The van der Waals surface area contributed by atoms with Gasteiger partial charge in [-0.2, -0.15) is 0 Å². The lowest BCUT2D eigenvalue weighted by molar-refractivity contribution is 0.0507. The zero-order chi connectivity index (χ0) is 19.6. The van der Waals surface area contributed by atoms with Crippen LogP contribution in [0.2, 0.25) is 0 Å². The molecule has 0 bridgehead atoms. The van der Waals surface area contributed by atoms with Gasteiger partial charge in [-0.15, -0.1) is 0 Å². The Morgan fingerprint density at radius 3 is 2.31 bits per heavy atom. The van der Waals surface area contributed by atoms with E-state index in [1.54, 1.807) is 0 Å². The Morgan fingerprint density at radius 2 is 1.55 bits per heavy atom. The van der Waals surface area contributed by atoms with Crippen LogP contribution < -0.4 is 4.74 Å². The van der Waals surface area contributed by atoms with Crippen LogP contribution in [0.25, 0.3) is 11.1 Å². The van der Waals surface area contributed by atoms with Gasteiger partial charge >= 0.3 is 0 Å². The highest BCUT2D eigenvalue weighted by atomic mass is 16.5. The molecule has 0 radical (unpaired) electrons. The molecular weight excluding hydrogens is 356 g/mol. The lowest BCUT2D eigenvalue weighted by Gasteiger charge is -2.31. The number of hydrogen-bond donors (Lipinski definition) is 1. The predicted molar refractivity (Wildman–Crippen MR) is 117 cm³/mol. The molecule has 2 aliphatic rings. The van der Waals surface area contributed by atoms with Crippen molar-refractivity contribution in [3.63, 3.8) is 0 Å². The zero-order valence-corrected chi connectivity index (χ0v) is 16.8. The summed E-state index contributed by atoms with van der Waals surface area (Å²) in [4.78, 5) is 0. The summed E-state index contributed by atoms with van der Waals surface area (Å²) >= 11 is 0. The van der Waals surface area contributed by atoms with Crippen LogP contribution in [0.1, 0.15) is 54.4 Å². The molecule has 3 aromatic carbocycles. The molecule has 1 fully saturated rings. The molecule has 0 amide bonds. The van der Waals surface area contributed by atoms with Crippen molar-refractivity contribution < 1.29 is 9.84 Å². The molecule has 2 nitrogen and oxygen atoms in total. The van der Waals surface area contributed by atoms with Crippen molar-refractivity contribution in [2.45, 2.75) is 44.1 Å². The van der Waals surface area contributed by atoms with Gasteiger partial charge in [0.1, 0.15) is 5.75 Å². The maximum Gasteiger partial charge on any atom is 0.125 e. The van der Waals surface area contributed by atoms with E-state index in [0.717, 1.165) is 17.7 Å². The molecule has 5 rings (SSSR count). The Balaban J connectivity index is 1.29. The van der Waals surface area contributed by atoms with Crippen LogP contribution in [0.5, 0.6) is 5.75 Å². The molecule has 1 saturated carbocycles. The van der Waals surface area contributed by atoms with E-state index in [9.17, 15) is 5.11 Å². The van der Waals surface area contributed by atoms with Crippen molar-refractivity contribution >= 4 is 0 Å². The lowest BCUT2D eigenvalue weighted by Crippen LogP contribution is -2.27. The second-order valence-corrected chi connectivity index (χ2v) is 8.56. The predicted octanol–water partition coefficient (Wildman–Crippen LogP) is 6.30. The van der Waals surface area contributed by atoms with Crippen molar-refractivity contribution in [1.82, 2.24) is 0 Å². The molecule has 2 unspecified atom stereocenters. The van der Waals surface area contributed by atoms with E-state index in [1.807, 2.05) is 6.07 Å². The number of fused-ring (bicyclic) bond motifs is 1. The molecule has 0 saturated heterocycles. The van der Waals surface area contributed by atoms with Crippen LogP contribution in [0, 0.1) is 5.92 Å². The first-order chi connectivity index (χ1) is 14.3. The zero-order valence-electron chi connectivity index (χ0n) is 16.8. The normalized spacial score (nSPS) is 21.6. The fourth-order valence-corrected chi connectivity index (χ4v) is 4.91. The summed E-state index contributed by atoms with van der Waals surface area (Å²) in [6.07, 6.45) is 5.57. The summed E-state index contributed by atoms with van der Waals surface area (Å²) in [6, 6.07) is 25.6. The Bertz CT molecular complexity index is 956. The Hall–Kier alpha value is -2.58. The molecule has 1 aliphatic heterocycles. The van der Waals surface area contributed by atoms with Crippen LogP contribution in [-0.2, 0) is 6.42 Å². The molecule has 1 heterocycles. The van der Waals surface area contributed by atoms with E-state index in [1.165, 1.54) is 47.9 Å². The van der Waals surface area contributed by atoms with Gasteiger partial charge in [0, 0.05) is 11.5 Å². The fourth-order valence-electron chi connectivity index (χ4n) is 4.91. The molecule has 3 aromatic rings. The van der Waals surface area contributed by atoms with E-state index in [-0.39, 0.29) is 5.92 Å². The number of hydrogen-bond acceptors (Lipinski definition) is 2. The van der Waals surface area contributed by atoms with Gasteiger partial charge in [-0.1, -0.05) is 79.6 Å². The van der Waals surface area contributed by atoms with Crippen LogP contribution in [0.3, 0.4) is 0 Å². The molecule has 2 heteroatoms. The maximum absolute atomic E-state index is 11.0. The Kier molecular flexibility index (Phi) is 5.12. The van der Waals surface area contributed by atoms with E-state index >= 15 is 0 Å². The van der Waals surface area contributed by atoms with Crippen molar-refractivity contribution in [2.24, 2.45) is 5.92 Å². The molecule has 1 aliphatic carbocycles. The minimum Gasteiger partial charge on any atom is -0.493 e. The lowest BCUT2D eigenvalue weighted by atomic mass is 9.86. The van der Waals surface area contributed by atoms with Crippen LogP contribution >= 0.6 is 0 Å². The summed E-state index contributed by atoms with van der Waals surface area (Å²) in [6.45, 7) is 0.572. The summed E-state index contributed by atoms with van der Waals surface area (Å²) < 4.78 is 6.11. The topological polar surface area (TPSA) is 29.5 Å². The van der Waals surface area contributed by atoms with Crippen molar-refractivity contribution in [2.75, 3.05) is 6.61 Å². The molecule has 0 spiro atoms. The van der Waals surface area contributed by atoms with Crippen LogP contribution in [0.15, 0.2) is 72.8 Å². The Morgan fingerprint density at radius 1 is 0.828 bits per heavy atom. The SMILES string of the molecule is OC1c2ccc(C3CCCC3)cc2OCC1Cc1ccc(-c2ccccc2)cc1. The van der Waals surface area contributed by atoms with E-state index in [0.29, 0.717) is 12.5 Å². The smallest absolute Gasteiger partial charge is 0.125 e. The molecule has 148 valence electrons. The first-order valence-electron chi connectivity index (χ1n) is 10.9. The number of rotatable bonds is 4. The van der Waals surface area contributed by atoms with Crippen molar-refractivity contribution in [1.29, 1.82) is 0 Å². The summed E-state index contributed by atoms with van der Waals surface area (Å²) in [5.74, 6) is 1.64. The average molecular weight is 385 g/mol. The van der Waals surface area contributed by atoms with Gasteiger partial charge in [-0.25, -0.2) is 0 Å². The number of aliphatic hydroxyl groups is 1. The highest BCUT2D eigenvalue weighted by Crippen LogP contribution is 2.41. The highest BCUT2D eigenvalue weighted by molar-refractivity contribution is 5.63.